The zero-order valence-electron chi connectivity index (χ0n) is 15.0. The van der Waals surface area contributed by atoms with Crippen molar-refractivity contribution in [3.63, 3.8) is 0 Å². The summed E-state index contributed by atoms with van der Waals surface area (Å²) in [4.78, 5) is 20.6. The molecule has 0 aliphatic heterocycles. The van der Waals surface area contributed by atoms with E-state index in [1.165, 1.54) is 5.56 Å². The second kappa shape index (κ2) is 6.40. The molecule has 1 fully saturated rings. The first-order valence-corrected chi connectivity index (χ1v) is 8.65. The number of ether oxygens (including phenoxy) is 1. The van der Waals surface area contributed by atoms with Gasteiger partial charge in [-0.3, -0.25) is 4.79 Å². The van der Waals surface area contributed by atoms with E-state index in [2.05, 4.69) is 27.4 Å². The first kappa shape index (κ1) is 16.5. The van der Waals surface area contributed by atoms with Gasteiger partial charge in [0.1, 0.15) is 16.9 Å². The van der Waals surface area contributed by atoms with Gasteiger partial charge in [0.15, 0.2) is 6.61 Å². The Kier molecular flexibility index (Phi) is 4.06. The average molecular weight is 352 g/mol. The Morgan fingerprint density at radius 3 is 2.77 bits per heavy atom. The molecule has 0 saturated heterocycles. The molecule has 3 aromatic rings. The lowest BCUT2D eigenvalue weighted by atomic mass is 10.0. The van der Waals surface area contributed by atoms with Gasteiger partial charge in [-0.2, -0.15) is 9.97 Å². The summed E-state index contributed by atoms with van der Waals surface area (Å²) in [5.41, 5.74) is 4.20. The molecule has 0 bridgehead atoms. The smallest absolute Gasteiger partial charge is 0.265 e. The Morgan fingerprint density at radius 1 is 1.23 bits per heavy atom. The molecule has 1 aliphatic rings. The molecule has 0 unspecified atom stereocenters. The molecule has 4 rings (SSSR count). The zero-order chi connectivity index (χ0) is 18.3. The molecular weight excluding hydrogens is 332 g/mol. The van der Waals surface area contributed by atoms with Crippen LogP contribution in [-0.2, 0) is 4.79 Å². The van der Waals surface area contributed by atoms with Gasteiger partial charge in [-0.05, 0) is 50.8 Å². The number of amides is 1. The largest absolute Gasteiger partial charge is 0.467 e. The van der Waals surface area contributed by atoms with Crippen LogP contribution in [-0.4, -0.2) is 33.7 Å². The maximum absolute atomic E-state index is 11.9. The van der Waals surface area contributed by atoms with Crippen molar-refractivity contribution in [3.8, 4) is 17.1 Å². The van der Waals surface area contributed by atoms with Crippen LogP contribution in [0.2, 0.25) is 0 Å². The fraction of sp³-hybridized carbons (Fsp3) is 0.368. The summed E-state index contributed by atoms with van der Waals surface area (Å²) in [5, 5.41) is 7.64. The molecule has 26 heavy (non-hydrogen) atoms. The summed E-state index contributed by atoms with van der Waals surface area (Å²) >= 11 is 0. The highest BCUT2D eigenvalue weighted by atomic mass is 16.5. The van der Waals surface area contributed by atoms with Crippen LogP contribution in [0.5, 0.6) is 5.88 Å². The molecule has 1 aromatic carbocycles. The molecule has 2 heterocycles. The third-order valence-electron chi connectivity index (χ3n) is 4.48. The van der Waals surface area contributed by atoms with Gasteiger partial charge in [0.05, 0.1) is 0 Å². The molecule has 0 atom stereocenters. The van der Waals surface area contributed by atoms with Gasteiger partial charge in [0.2, 0.25) is 5.88 Å². The maximum atomic E-state index is 11.9. The van der Waals surface area contributed by atoms with E-state index in [0.29, 0.717) is 34.5 Å². The van der Waals surface area contributed by atoms with Crippen molar-refractivity contribution >= 4 is 17.0 Å². The van der Waals surface area contributed by atoms with E-state index in [1.54, 1.807) is 6.92 Å². The topological polar surface area (TPSA) is 90.1 Å². The lowest BCUT2D eigenvalue weighted by molar-refractivity contribution is -0.123. The van der Waals surface area contributed by atoms with E-state index < -0.39 is 0 Å². The molecule has 2 aromatic heterocycles. The van der Waals surface area contributed by atoms with Gasteiger partial charge < -0.3 is 14.6 Å². The minimum atomic E-state index is -0.152. The zero-order valence-corrected chi connectivity index (χ0v) is 15.0. The number of nitrogens with zero attached hydrogens (tertiary/aromatic N) is 3. The lowest BCUT2D eigenvalue weighted by Gasteiger charge is -2.08. The monoisotopic (exact) mass is 352 g/mol. The van der Waals surface area contributed by atoms with Crippen LogP contribution in [0, 0.1) is 20.8 Å². The normalized spacial score (nSPS) is 13.8. The molecule has 1 aliphatic carbocycles. The number of aromatic nitrogens is 3. The van der Waals surface area contributed by atoms with Crippen LogP contribution in [0.4, 0.5) is 0 Å². The highest BCUT2D eigenvalue weighted by Crippen LogP contribution is 2.33. The molecule has 134 valence electrons. The number of aryl methyl sites for hydroxylation is 3. The predicted octanol–water partition coefficient (Wildman–Crippen LogP) is 2.87. The van der Waals surface area contributed by atoms with Crippen LogP contribution < -0.4 is 10.1 Å². The van der Waals surface area contributed by atoms with Gasteiger partial charge in [0, 0.05) is 11.6 Å². The van der Waals surface area contributed by atoms with Gasteiger partial charge in [-0.1, -0.05) is 17.3 Å². The fourth-order valence-corrected chi connectivity index (χ4v) is 2.75. The Hall–Kier alpha value is -2.96. The van der Waals surface area contributed by atoms with Gasteiger partial charge in [-0.25, -0.2) is 0 Å². The first-order valence-electron chi connectivity index (χ1n) is 8.65. The quantitative estimate of drug-likeness (QED) is 0.759. The number of hydrogen-bond acceptors (Lipinski definition) is 6. The van der Waals surface area contributed by atoms with Crippen molar-refractivity contribution in [2.45, 2.75) is 39.7 Å². The number of fused-ring (bicyclic) bond motifs is 1. The average Bonchev–Trinajstić information content (AvgIpc) is 3.31. The molecule has 1 N–H and O–H groups in total. The molecule has 1 saturated carbocycles. The van der Waals surface area contributed by atoms with Crippen LogP contribution in [0.3, 0.4) is 0 Å². The molecule has 0 radical (unpaired) electrons. The summed E-state index contributed by atoms with van der Waals surface area (Å²) in [5.74, 6) is 0.659. The molecule has 0 spiro atoms. The summed E-state index contributed by atoms with van der Waals surface area (Å²) < 4.78 is 11.1. The molecule has 1 amide bonds. The minimum Gasteiger partial charge on any atom is -0.467 e. The van der Waals surface area contributed by atoms with Crippen LogP contribution in [0.1, 0.15) is 29.8 Å². The molecular formula is C19H20N4O3. The van der Waals surface area contributed by atoms with E-state index in [0.717, 1.165) is 24.0 Å². The highest BCUT2D eigenvalue weighted by Gasteiger charge is 2.24. The number of benzene rings is 1. The predicted molar refractivity (Wildman–Crippen MR) is 95.9 cm³/mol. The number of hydrogen-bond donors (Lipinski definition) is 1. The van der Waals surface area contributed by atoms with Crippen molar-refractivity contribution in [2.75, 3.05) is 6.61 Å². The number of nitrogens with one attached hydrogen (secondary N) is 1. The van der Waals surface area contributed by atoms with Crippen molar-refractivity contribution < 1.29 is 14.1 Å². The number of rotatable bonds is 5. The van der Waals surface area contributed by atoms with Crippen LogP contribution in [0.15, 0.2) is 22.7 Å². The fourth-order valence-electron chi connectivity index (χ4n) is 2.75. The lowest BCUT2D eigenvalue weighted by Crippen LogP contribution is -2.30. The SMILES string of the molecule is Cc1nc(OCC(=O)NC2CC2)c2c(-c3ccc(C)c(C)c3)noc2n1. The van der Waals surface area contributed by atoms with Gasteiger partial charge >= 0.3 is 0 Å². The Morgan fingerprint density at radius 2 is 2.04 bits per heavy atom. The number of carbonyl (C=O) groups excluding carboxylic acids is 1. The van der Waals surface area contributed by atoms with Crippen molar-refractivity contribution in [1.82, 2.24) is 20.4 Å². The van der Waals surface area contributed by atoms with Gasteiger partial charge in [-0.15, -0.1) is 0 Å². The third kappa shape index (κ3) is 3.24. The van der Waals surface area contributed by atoms with E-state index in [-0.39, 0.29) is 12.5 Å². The first-order chi connectivity index (χ1) is 12.5. The van der Waals surface area contributed by atoms with Crippen LogP contribution in [0.25, 0.3) is 22.4 Å². The highest BCUT2D eigenvalue weighted by molar-refractivity contribution is 5.93. The molecule has 7 nitrogen and oxygen atoms in total. The van der Waals surface area contributed by atoms with E-state index in [1.807, 2.05) is 25.1 Å². The van der Waals surface area contributed by atoms with Crippen molar-refractivity contribution in [2.24, 2.45) is 0 Å². The van der Waals surface area contributed by atoms with Crippen molar-refractivity contribution in [1.29, 1.82) is 0 Å². The van der Waals surface area contributed by atoms with Crippen LogP contribution >= 0.6 is 0 Å². The summed E-state index contributed by atoms with van der Waals surface area (Å²) in [6.07, 6.45) is 2.07. The number of carbonyl (C=O) groups is 1. The summed E-state index contributed by atoms with van der Waals surface area (Å²) in [6, 6.07) is 6.34. The third-order valence-corrected chi connectivity index (χ3v) is 4.48. The van der Waals surface area contributed by atoms with E-state index in [4.69, 9.17) is 9.26 Å². The van der Waals surface area contributed by atoms with E-state index >= 15 is 0 Å². The Balaban J connectivity index is 1.70. The van der Waals surface area contributed by atoms with Gasteiger partial charge in [0.25, 0.3) is 11.6 Å². The maximum Gasteiger partial charge on any atom is 0.265 e. The second-order valence-electron chi connectivity index (χ2n) is 6.72. The summed E-state index contributed by atoms with van der Waals surface area (Å²) in [6.45, 7) is 5.75. The standard InChI is InChI=1S/C19H20N4O3/c1-10-4-5-13(8-11(10)2)17-16-18(20-12(3)21-19(16)26-23-17)25-9-15(24)22-14-6-7-14/h4-5,8,14H,6-7,9H2,1-3H3,(H,22,24). The molecule has 7 heteroatoms. The van der Waals surface area contributed by atoms with E-state index in [9.17, 15) is 4.79 Å². The van der Waals surface area contributed by atoms with Crippen molar-refractivity contribution in [3.05, 3.63) is 35.2 Å². The summed E-state index contributed by atoms with van der Waals surface area (Å²) in [7, 11) is 0. The minimum absolute atomic E-state index is 0.0976. The second-order valence-corrected chi connectivity index (χ2v) is 6.72. The Labute approximate surface area is 150 Å². The Bertz CT molecular complexity index is 992.